The Hall–Kier alpha value is -3.30. The minimum absolute atomic E-state index is 0.0838. The highest BCUT2D eigenvalue weighted by Gasteiger charge is 2.13. The molecule has 3 N–H and O–H groups in total. The van der Waals surface area contributed by atoms with E-state index >= 15 is 0 Å². The third-order valence-electron chi connectivity index (χ3n) is 3.89. The molecular weight excluding hydrogens is 436 g/mol. The van der Waals surface area contributed by atoms with Crippen molar-refractivity contribution < 1.29 is 18.7 Å². The van der Waals surface area contributed by atoms with Gasteiger partial charge in [0.05, 0.1) is 29.0 Å². The van der Waals surface area contributed by atoms with Crippen LogP contribution < -0.4 is 25.4 Å². The maximum Gasteiger partial charge on any atom is 0.298 e. The van der Waals surface area contributed by atoms with Gasteiger partial charge in [-0.15, -0.1) is 0 Å². The summed E-state index contributed by atoms with van der Waals surface area (Å²) < 4.78 is 24.2. The molecule has 0 atom stereocenters. The van der Waals surface area contributed by atoms with Crippen molar-refractivity contribution in [1.29, 1.82) is 0 Å². The number of ether oxygens (including phenoxy) is 2. The summed E-state index contributed by atoms with van der Waals surface area (Å²) in [5.41, 5.74) is 1.57. The van der Waals surface area contributed by atoms with Crippen molar-refractivity contribution in [1.82, 2.24) is 9.97 Å². The minimum Gasteiger partial charge on any atom is -0.494 e. The molecule has 0 saturated heterocycles. The molecule has 11 heteroatoms. The van der Waals surface area contributed by atoms with Crippen LogP contribution in [0, 0.1) is 5.82 Å². The molecule has 0 fully saturated rings. The smallest absolute Gasteiger partial charge is 0.298 e. The van der Waals surface area contributed by atoms with Crippen LogP contribution in [-0.4, -0.2) is 30.6 Å². The van der Waals surface area contributed by atoms with Gasteiger partial charge in [0.15, 0.2) is 23.1 Å². The molecule has 0 unspecified atom stereocenters. The first-order valence-corrected chi connectivity index (χ1v) is 9.22. The summed E-state index contributed by atoms with van der Waals surface area (Å²) in [6.07, 6.45) is 1.02. The number of methoxy groups -OCH3 is 1. The second-order valence-corrected chi connectivity index (χ2v) is 6.60. The lowest BCUT2D eigenvalue weighted by Crippen LogP contribution is -2.04. The zero-order valence-corrected chi connectivity index (χ0v) is 17.3. The number of halogens is 3. The Balaban J connectivity index is 1.85. The van der Waals surface area contributed by atoms with Crippen LogP contribution >= 0.6 is 23.2 Å². The van der Waals surface area contributed by atoms with E-state index in [2.05, 4.69) is 25.9 Å². The molecule has 156 valence electrons. The van der Waals surface area contributed by atoms with E-state index in [9.17, 15) is 9.18 Å². The summed E-state index contributed by atoms with van der Waals surface area (Å²) in [5.74, 6) is 0.0509. The van der Waals surface area contributed by atoms with Crippen LogP contribution in [0.3, 0.4) is 0 Å². The Morgan fingerprint density at radius 1 is 1.10 bits per heavy atom. The van der Waals surface area contributed by atoms with Crippen LogP contribution in [0.2, 0.25) is 10.0 Å². The predicted octanol–water partition coefficient (Wildman–Crippen LogP) is 5.00. The molecule has 30 heavy (non-hydrogen) atoms. The van der Waals surface area contributed by atoms with E-state index in [0.717, 1.165) is 6.20 Å². The lowest BCUT2D eigenvalue weighted by Gasteiger charge is -2.13. The van der Waals surface area contributed by atoms with E-state index < -0.39 is 5.82 Å². The van der Waals surface area contributed by atoms with Gasteiger partial charge in [-0.2, -0.15) is 4.98 Å². The zero-order chi connectivity index (χ0) is 21.7. The van der Waals surface area contributed by atoms with E-state index in [4.69, 9.17) is 32.7 Å². The number of anilines is 5. The lowest BCUT2D eigenvalue weighted by atomic mass is 10.2. The van der Waals surface area contributed by atoms with Gasteiger partial charge in [-0.25, -0.2) is 9.37 Å². The highest BCUT2D eigenvalue weighted by atomic mass is 35.5. The van der Waals surface area contributed by atoms with Gasteiger partial charge >= 0.3 is 0 Å². The second-order valence-electron chi connectivity index (χ2n) is 5.79. The molecule has 3 aromatic rings. The van der Waals surface area contributed by atoms with Gasteiger partial charge in [0, 0.05) is 18.4 Å². The minimum atomic E-state index is -0.672. The SMILES string of the molecule is CNc1cc(Nc2ncc(F)c(Nc3cc(Cl)c(OC)c(Cl)c3)n2)ccc1OC=O. The number of aromatic nitrogens is 2. The Morgan fingerprint density at radius 3 is 2.47 bits per heavy atom. The number of nitrogens with one attached hydrogen (secondary N) is 3. The van der Waals surface area contributed by atoms with Gasteiger partial charge in [0.25, 0.3) is 6.47 Å². The largest absolute Gasteiger partial charge is 0.494 e. The molecule has 1 heterocycles. The summed E-state index contributed by atoms with van der Waals surface area (Å²) in [7, 11) is 3.12. The average Bonchev–Trinajstić information content (AvgIpc) is 2.71. The fourth-order valence-electron chi connectivity index (χ4n) is 2.57. The quantitative estimate of drug-likeness (QED) is 0.411. The van der Waals surface area contributed by atoms with Crippen LogP contribution in [-0.2, 0) is 4.79 Å². The predicted molar refractivity (Wildman–Crippen MR) is 114 cm³/mol. The van der Waals surface area contributed by atoms with Crippen molar-refractivity contribution in [3.8, 4) is 11.5 Å². The lowest BCUT2D eigenvalue weighted by molar-refractivity contribution is -0.120. The third-order valence-corrected chi connectivity index (χ3v) is 4.45. The summed E-state index contributed by atoms with van der Waals surface area (Å²) >= 11 is 12.2. The molecule has 0 aliphatic carbocycles. The Morgan fingerprint density at radius 2 is 1.83 bits per heavy atom. The highest BCUT2D eigenvalue weighted by Crippen LogP contribution is 2.36. The van der Waals surface area contributed by atoms with E-state index in [1.165, 1.54) is 19.2 Å². The molecule has 0 amide bonds. The average molecular weight is 452 g/mol. The summed E-state index contributed by atoms with van der Waals surface area (Å²) in [4.78, 5) is 18.6. The second kappa shape index (κ2) is 9.47. The van der Waals surface area contributed by atoms with Gasteiger partial charge in [-0.05, 0) is 30.3 Å². The normalized spacial score (nSPS) is 10.3. The number of rotatable bonds is 8. The number of benzene rings is 2. The molecule has 1 aromatic heterocycles. The van der Waals surface area contributed by atoms with Crippen molar-refractivity contribution in [2.24, 2.45) is 0 Å². The first kappa shape index (κ1) is 21.4. The van der Waals surface area contributed by atoms with Crippen LogP contribution in [0.15, 0.2) is 36.5 Å². The molecule has 0 aliphatic rings. The maximum atomic E-state index is 14.2. The Bertz CT molecular complexity index is 1060. The molecule has 0 spiro atoms. The van der Waals surface area contributed by atoms with Crippen molar-refractivity contribution in [2.45, 2.75) is 0 Å². The topological polar surface area (TPSA) is 97.4 Å². The number of nitrogens with zero attached hydrogens (tertiary/aromatic N) is 2. The first-order chi connectivity index (χ1) is 14.4. The van der Waals surface area contributed by atoms with E-state index in [0.29, 0.717) is 35.0 Å². The third kappa shape index (κ3) is 4.81. The number of carbonyl (C=O) groups is 1. The van der Waals surface area contributed by atoms with Crippen LogP contribution in [0.5, 0.6) is 11.5 Å². The number of carbonyl (C=O) groups excluding carboxylic acids is 1. The number of hydrogen-bond donors (Lipinski definition) is 3. The van der Waals surface area contributed by atoms with Gasteiger partial charge in [0.2, 0.25) is 5.95 Å². The number of hydrogen-bond acceptors (Lipinski definition) is 8. The molecule has 2 aromatic carbocycles. The van der Waals surface area contributed by atoms with Crippen molar-refractivity contribution in [3.63, 3.8) is 0 Å². The van der Waals surface area contributed by atoms with Crippen LogP contribution in [0.1, 0.15) is 0 Å². The summed E-state index contributed by atoms with van der Waals surface area (Å²) in [6, 6.07) is 7.99. The van der Waals surface area contributed by atoms with Gasteiger partial charge in [-0.3, -0.25) is 4.79 Å². The molecule has 0 aliphatic heterocycles. The highest BCUT2D eigenvalue weighted by molar-refractivity contribution is 6.37. The summed E-state index contributed by atoms with van der Waals surface area (Å²) in [6.45, 7) is 0.335. The van der Waals surface area contributed by atoms with Gasteiger partial charge in [-0.1, -0.05) is 23.2 Å². The van der Waals surface area contributed by atoms with Crippen molar-refractivity contribution in [3.05, 3.63) is 52.4 Å². The zero-order valence-electron chi connectivity index (χ0n) is 15.8. The molecular formula is C19H16Cl2FN5O3. The van der Waals surface area contributed by atoms with Crippen molar-refractivity contribution in [2.75, 3.05) is 30.1 Å². The fraction of sp³-hybridized carbons (Fsp3) is 0.105. The van der Waals surface area contributed by atoms with Crippen LogP contribution in [0.4, 0.5) is 33.2 Å². The van der Waals surface area contributed by atoms with E-state index in [1.54, 1.807) is 25.2 Å². The maximum absolute atomic E-state index is 14.2. The van der Waals surface area contributed by atoms with E-state index in [1.807, 2.05) is 0 Å². The van der Waals surface area contributed by atoms with Crippen LogP contribution in [0.25, 0.3) is 0 Å². The summed E-state index contributed by atoms with van der Waals surface area (Å²) in [5, 5.41) is 9.21. The monoisotopic (exact) mass is 451 g/mol. The molecule has 0 bridgehead atoms. The van der Waals surface area contributed by atoms with E-state index in [-0.39, 0.29) is 21.8 Å². The Kier molecular flexibility index (Phi) is 6.76. The Labute approximate surface area is 181 Å². The molecule has 8 nitrogen and oxygen atoms in total. The van der Waals surface area contributed by atoms with Gasteiger partial charge in [0.1, 0.15) is 0 Å². The standard InChI is InChI=1S/C19H16Cl2FN5O3/c1-23-15-7-10(3-4-16(15)30-9-28)26-19-24-8-14(22)18(27-19)25-11-5-12(20)17(29-2)13(21)6-11/h3-9,23H,1-2H3,(H2,24,25,26,27). The first-order valence-electron chi connectivity index (χ1n) is 8.47. The molecule has 0 radical (unpaired) electrons. The van der Waals surface area contributed by atoms with Gasteiger partial charge < -0.3 is 25.4 Å². The molecule has 0 saturated carbocycles. The fourth-order valence-corrected chi connectivity index (χ4v) is 3.21. The van der Waals surface area contributed by atoms with Crippen molar-refractivity contribution >= 4 is 58.5 Å². The molecule has 3 rings (SSSR count).